The van der Waals surface area contributed by atoms with Crippen LogP contribution in [-0.2, 0) is 6.42 Å². The molecule has 3 aromatic heterocycles. The van der Waals surface area contributed by atoms with E-state index in [9.17, 15) is 0 Å². The molecule has 0 radical (unpaired) electrons. The number of rotatable bonds is 3. The minimum Gasteiger partial charge on any atom is -0.459 e. The Morgan fingerprint density at radius 1 is 1.14 bits per heavy atom. The Bertz CT molecular complexity index is 890. The molecule has 6 nitrogen and oxygen atoms in total. The van der Waals surface area contributed by atoms with Gasteiger partial charge in [0.05, 0.1) is 6.26 Å². The standard InChI is InChI=1S/C15H11N3O3/c1-2-13-16-10-8-9(5-6-11(10)20-13)14-17-15(21-18-14)12-4-3-7-19-12/h3-8H,2H2,1H3. The van der Waals surface area contributed by atoms with Gasteiger partial charge in [0.15, 0.2) is 17.2 Å². The van der Waals surface area contributed by atoms with Crippen LogP contribution < -0.4 is 0 Å². The second kappa shape index (κ2) is 4.59. The number of aryl methyl sites for hydroxylation is 1. The molecular formula is C15H11N3O3. The Kier molecular flexibility index (Phi) is 2.60. The van der Waals surface area contributed by atoms with Crippen molar-refractivity contribution in [3.05, 3.63) is 42.5 Å². The summed E-state index contributed by atoms with van der Waals surface area (Å²) in [6, 6.07) is 9.16. The highest BCUT2D eigenvalue weighted by Crippen LogP contribution is 2.25. The lowest BCUT2D eigenvalue weighted by Crippen LogP contribution is -1.81. The Morgan fingerprint density at radius 2 is 2.10 bits per heavy atom. The fourth-order valence-electron chi connectivity index (χ4n) is 2.11. The topological polar surface area (TPSA) is 78.1 Å². The first-order chi connectivity index (χ1) is 10.3. The van der Waals surface area contributed by atoms with Crippen molar-refractivity contribution in [2.75, 3.05) is 0 Å². The molecule has 4 rings (SSSR count). The maximum absolute atomic E-state index is 5.58. The minimum atomic E-state index is 0.351. The number of nitrogens with zero attached hydrogens (tertiary/aromatic N) is 3. The van der Waals surface area contributed by atoms with Crippen molar-refractivity contribution >= 4 is 11.1 Å². The molecule has 0 amide bonds. The maximum Gasteiger partial charge on any atom is 0.293 e. The van der Waals surface area contributed by atoms with Crippen LogP contribution in [0, 0.1) is 0 Å². The van der Waals surface area contributed by atoms with Crippen LogP contribution in [-0.4, -0.2) is 15.1 Å². The molecule has 0 saturated carbocycles. The molecule has 0 aliphatic heterocycles. The third kappa shape index (κ3) is 2.01. The Labute approximate surface area is 119 Å². The van der Waals surface area contributed by atoms with Crippen molar-refractivity contribution in [2.24, 2.45) is 0 Å². The minimum absolute atomic E-state index is 0.351. The zero-order valence-electron chi connectivity index (χ0n) is 11.2. The van der Waals surface area contributed by atoms with Crippen LogP contribution in [0.1, 0.15) is 12.8 Å². The summed E-state index contributed by atoms with van der Waals surface area (Å²) in [4.78, 5) is 8.73. The number of aromatic nitrogens is 3. The molecule has 3 heterocycles. The second-order valence-corrected chi connectivity index (χ2v) is 4.54. The molecule has 0 atom stereocenters. The average molecular weight is 281 g/mol. The molecule has 0 saturated heterocycles. The van der Waals surface area contributed by atoms with Gasteiger partial charge < -0.3 is 13.4 Å². The normalized spacial score (nSPS) is 11.3. The van der Waals surface area contributed by atoms with Gasteiger partial charge in [-0.25, -0.2) is 4.98 Å². The van der Waals surface area contributed by atoms with Gasteiger partial charge in [-0.2, -0.15) is 4.98 Å². The van der Waals surface area contributed by atoms with Crippen LogP contribution in [0.4, 0.5) is 0 Å². The van der Waals surface area contributed by atoms with Crippen molar-refractivity contribution in [3.63, 3.8) is 0 Å². The average Bonchev–Trinajstić information content (AvgIpc) is 3.24. The van der Waals surface area contributed by atoms with Crippen LogP contribution in [0.2, 0.25) is 0 Å². The highest BCUT2D eigenvalue weighted by Gasteiger charge is 2.14. The van der Waals surface area contributed by atoms with Crippen LogP contribution in [0.25, 0.3) is 34.1 Å². The van der Waals surface area contributed by atoms with E-state index in [0.717, 1.165) is 23.1 Å². The first kappa shape index (κ1) is 11.9. The molecule has 21 heavy (non-hydrogen) atoms. The van der Waals surface area contributed by atoms with Crippen LogP contribution in [0.3, 0.4) is 0 Å². The molecule has 6 heteroatoms. The number of oxazole rings is 1. The summed E-state index contributed by atoms with van der Waals surface area (Å²) < 4.78 is 16.0. The van der Waals surface area contributed by atoms with E-state index < -0.39 is 0 Å². The van der Waals surface area contributed by atoms with Gasteiger partial charge >= 0.3 is 0 Å². The summed E-state index contributed by atoms with van der Waals surface area (Å²) >= 11 is 0. The summed E-state index contributed by atoms with van der Waals surface area (Å²) in [5.74, 6) is 2.10. The number of fused-ring (bicyclic) bond motifs is 1. The van der Waals surface area contributed by atoms with Crippen molar-refractivity contribution in [2.45, 2.75) is 13.3 Å². The number of benzene rings is 1. The number of hydrogen-bond acceptors (Lipinski definition) is 6. The number of furan rings is 1. The summed E-state index contributed by atoms with van der Waals surface area (Å²) in [6.07, 6.45) is 2.32. The van der Waals surface area contributed by atoms with Crippen molar-refractivity contribution in [3.8, 4) is 23.0 Å². The lowest BCUT2D eigenvalue weighted by atomic mass is 10.2. The van der Waals surface area contributed by atoms with E-state index in [4.69, 9.17) is 13.4 Å². The van der Waals surface area contributed by atoms with E-state index in [0.29, 0.717) is 23.4 Å². The molecule has 104 valence electrons. The van der Waals surface area contributed by atoms with Crippen LogP contribution in [0.5, 0.6) is 0 Å². The summed E-state index contributed by atoms with van der Waals surface area (Å²) in [5, 5.41) is 3.97. The fraction of sp³-hybridized carbons (Fsp3) is 0.133. The first-order valence-electron chi connectivity index (χ1n) is 6.61. The van der Waals surface area contributed by atoms with Crippen molar-refractivity contribution < 1.29 is 13.4 Å². The molecule has 0 aliphatic carbocycles. The zero-order valence-corrected chi connectivity index (χ0v) is 11.2. The molecule has 0 spiro atoms. The highest BCUT2D eigenvalue weighted by molar-refractivity contribution is 5.78. The molecular weight excluding hydrogens is 270 g/mol. The van der Waals surface area contributed by atoms with Crippen LogP contribution >= 0.6 is 0 Å². The lowest BCUT2D eigenvalue weighted by Gasteiger charge is -1.92. The monoisotopic (exact) mass is 281 g/mol. The van der Waals surface area contributed by atoms with E-state index in [1.807, 2.05) is 25.1 Å². The molecule has 0 unspecified atom stereocenters. The molecule has 0 N–H and O–H groups in total. The molecule has 0 aliphatic rings. The fourth-order valence-corrected chi connectivity index (χ4v) is 2.11. The zero-order chi connectivity index (χ0) is 14.2. The van der Waals surface area contributed by atoms with E-state index in [2.05, 4.69) is 15.1 Å². The molecule has 0 bridgehead atoms. The van der Waals surface area contributed by atoms with E-state index in [1.54, 1.807) is 18.4 Å². The number of hydrogen-bond donors (Lipinski definition) is 0. The molecule has 4 aromatic rings. The van der Waals surface area contributed by atoms with Crippen molar-refractivity contribution in [1.82, 2.24) is 15.1 Å². The lowest BCUT2D eigenvalue weighted by molar-refractivity contribution is 0.417. The van der Waals surface area contributed by atoms with E-state index in [1.165, 1.54) is 0 Å². The molecule has 1 aromatic carbocycles. The predicted molar refractivity (Wildman–Crippen MR) is 74.4 cm³/mol. The van der Waals surface area contributed by atoms with Gasteiger partial charge in [0, 0.05) is 12.0 Å². The van der Waals surface area contributed by atoms with Crippen LogP contribution in [0.15, 0.2) is 50.0 Å². The smallest absolute Gasteiger partial charge is 0.293 e. The Morgan fingerprint density at radius 3 is 2.90 bits per heavy atom. The third-order valence-corrected chi connectivity index (χ3v) is 3.15. The van der Waals surface area contributed by atoms with E-state index in [-0.39, 0.29) is 0 Å². The SMILES string of the molecule is CCc1nc2cc(-c3noc(-c4ccco4)n3)ccc2o1. The predicted octanol–water partition coefficient (Wildman–Crippen LogP) is 3.70. The molecule has 0 fully saturated rings. The quantitative estimate of drug-likeness (QED) is 0.569. The van der Waals surface area contributed by atoms with Gasteiger partial charge in [-0.05, 0) is 30.3 Å². The van der Waals surface area contributed by atoms with Crippen molar-refractivity contribution in [1.29, 1.82) is 0 Å². The Hall–Kier alpha value is -2.89. The van der Waals surface area contributed by atoms with Gasteiger partial charge in [0.2, 0.25) is 5.82 Å². The largest absolute Gasteiger partial charge is 0.459 e. The summed E-state index contributed by atoms with van der Waals surface area (Å²) in [5.41, 5.74) is 2.36. The van der Waals surface area contributed by atoms with Gasteiger partial charge in [-0.15, -0.1) is 0 Å². The van der Waals surface area contributed by atoms with Gasteiger partial charge in [0.25, 0.3) is 5.89 Å². The van der Waals surface area contributed by atoms with Gasteiger partial charge in [-0.3, -0.25) is 0 Å². The van der Waals surface area contributed by atoms with Gasteiger partial charge in [-0.1, -0.05) is 12.1 Å². The van der Waals surface area contributed by atoms with E-state index >= 15 is 0 Å². The highest BCUT2D eigenvalue weighted by atomic mass is 16.5. The second-order valence-electron chi connectivity index (χ2n) is 4.54. The Balaban J connectivity index is 1.76. The summed E-state index contributed by atoms with van der Waals surface area (Å²) in [7, 11) is 0. The third-order valence-electron chi connectivity index (χ3n) is 3.15. The summed E-state index contributed by atoms with van der Waals surface area (Å²) in [6.45, 7) is 2.00. The first-order valence-corrected chi connectivity index (χ1v) is 6.61. The van der Waals surface area contributed by atoms with Gasteiger partial charge in [0.1, 0.15) is 5.52 Å². The maximum atomic E-state index is 5.58.